The highest BCUT2D eigenvalue weighted by Crippen LogP contribution is 2.35. The molecule has 0 radical (unpaired) electrons. The maximum Gasteiger partial charge on any atom is 0.148 e. The van der Waals surface area contributed by atoms with Crippen LogP contribution in [0.3, 0.4) is 0 Å². The van der Waals surface area contributed by atoms with Gasteiger partial charge in [0.2, 0.25) is 0 Å². The molecular formula is C15H17BrClNO. The van der Waals surface area contributed by atoms with Gasteiger partial charge in [0.15, 0.2) is 0 Å². The lowest BCUT2D eigenvalue weighted by Gasteiger charge is -2.03. The molecule has 0 spiro atoms. The Kier molecular flexibility index (Phi) is 3.88. The van der Waals surface area contributed by atoms with Gasteiger partial charge in [-0.15, -0.1) is 0 Å². The summed E-state index contributed by atoms with van der Waals surface area (Å²) in [6.45, 7) is 3.01. The topological polar surface area (TPSA) is 25.2 Å². The van der Waals surface area contributed by atoms with Crippen molar-refractivity contribution in [3.63, 3.8) is 0 Å². The molecule has 0 bridgehead atoms. The summed E-state index contributed by atoms with van der Waals surface area (Å²) < 4.78 is 6.98. The molecule has 0 amide bonds. The minimum atomic E-state index is 0.690. The lowest BCUT2D eigenvalue weighted by Crippen LogP contribution is -2.15. The van der Waals surface area contributed by atoms with Crippen LogP contribution < -0.4 is 5.32 Å². The Morgan fingerprint density at radius 3 is 2.89 bits per heavy atom. The zero-order valence-electron chi connectivity index (χ0n) is 10.9. The largest absolute Gasteiger partial charge is 0.458 e. The standard InChI is InChI=1S/C15H17BrClNO/c1-2-3-11-12-6-9(17)7-13(16)15(12)19-14(11)8-18-10-4-5-10/h6-7,10,18H,2-5,8H2,1H3. The first-order valence-corrected chi connectivity index (χ1v) is 7.98. The number of halogens is 2. The van der Waals surface area contributed by atoms with Crippen LogP contribution in [-0.2, 0) is 13.0 Å². The fourth-order valence-corrected chi connectivity index (χ4v) is 3.31. The predicted molar refractivity (Wildman–Crippen MR) is 82.8 cm³/mol. The second-order valence-electron chi connectivity index (χ2n) is 5.17. The molecule has 4 heteroatoms. The van der Waals surface area contributed by atoms with Crippen LogP contribution in [0, 0.1) is 0 Å². The van der Waals surface area contributed by atoms with Crippen LogP contribution in [0.4, 0.5) is 0 Å². The molecule has 1 N–H and O–H groups in total. The van der Waals surface area contributed by atoms with E-state index in [1.54, 1.807) is 0 Å². The van der Waals surface area contributed by atoms with Crippen LogP contribution in [0.5, 0.6) is 0 Å². The first-order chi connectivity index (χ1) is 9.19. The molecule has 1 fully saturated rings. The van der Waals surface area contributed by atoms with E-state index in [-0.39, 0.29) is 0 Å². The SMILES string of the molecule is CCCc1c(CNC2CC2)oc2c(Br)cc(Cl)cc12. The van der Waals surface area contributed by atoms with Crippen molar-refractivity contribution >= 4 is 38.5 Å². The summed E-state index contributed by atoms with van der Waals surface area (Å²) in [7, 11) is 0. The molecule has 0 saturated heterocycles. The first kappa shape index (κ1) is 13.5. The number of fused-ring (bicyclic) bond motifs is 1. The van der Waals surface area contributed by atoms with Crippen molar-refractivity contribution in [1.29, 1.82) is 0 Å². The van der Waals surface area contributed by atoms with E-state index in [9.17, 15) is 0 Å². The third kappa shape index (κ3) is 2.83. The molecule has 2 nitrogen and oxygen atoms in total. The third-order valence-electron chi connectivity index (χ3n) is 3.52. The summed E-state index contributed by atoms with van der Waals surface area (Å²) in [6, 6.07) is 4.59. The van der Waals surface area contributed by atoms with Gasteiger partial charge < -0.3 is 9.73 Å². The Hall–Kier alpha value is -0.510. The summed E-state index contributed by atoms with van der Waals surface area (Å²) in [5.41, 5.74) is 2.22. The fraction of sp³-hybridized carbons (Fsp3) is 0.467. The van der Waals surface area contributed by atoms with Gasteiger partial charge >= 0.3 is 0 Å². The highest BCUT2D eigenvalue weighted by atomic mass is 79.9. The molecule has 0 atom stereocenters. The van der Waals surface area contributed by atoms with Gasteiger partial charge in [0, 0.05) is 22.0 Å². The van der Waals surface area contributed by atoms with E-state index in [0.717, 1.165) is 45.6 Å². The minimum absolute atomic E-state index is 0.690. The number of hydrogen-bond acceptors (Lipinski definition) is 2. The van der Waals surface area contributed by atoms with Gasteiger partial charge in [-0.05, 0) is 47.3 Å². The summed E-state index contributed by atoms with van der Waals surface area (Å²) in [4.78, 5) is 0. The Bertz CT molecular complexity index is 604. The van der Waals surface area contributed by atoms with Crippen molar-refractivity contribution < 1.29 is 4.42 Å². The summed E-state index contributed by atoms with van der Waals surface area (Å²) >= 11 is 9.70. The monoisotopic (exact) mass is 341 g/mol. The fourth-order valence-electron chi connectivity index (χ4n) is 2.41. The van der Waals surface area contributed by atoms with Crippen molar-refractivity contribution in [3.05, 3.63) is 33.0 Å². The van der Waals surface area contributed by atoms with E-state index in [0.29, 0.717) is 6.04 Å². The van der Waals surface area contributed by atoms with Gasteiger partial charge in [-0.2, -0.15) is 0 Å². The van der Waals surface area contributed by atoms with E-state index in [1.165, 1.54) is 18.4 Å². The molecule has 1 aromatic heterocycles. The van der Waals surface area contributed by atoms with Crippen LogP contribution in [0.1, 0.15) is 37.5 Å². The number of rotatable bonds is 5. The lowest BCUT2D eigenvalue weighted by atomic mass is 10.1. The Labute approximate surface area is 126 Å². The molecule has 1 saturated carbocycles. The van der Waals surface area contributed by atoms with E-state index in [2.05, 4.69) is 28.2 Å². The number of hydrogen-bond donors (Lipinski definition) is 1. The van der Waals surface area contributed by atoms with Gasteiger partial charge in [0.1, 0.15) is 11.3 Å². The average molecular weight is 343 g/mol. The predicted octanol–water partition coefficient (Wildman–Crippen LogP) is 5.05. The number of nitrogens with one attached hydrogen (secondary N) is 1. The van der Waals surface area contributed by atoms with Gasteiger partial charge in [-0.1, -0.05) is 24.9 Å². The number of furan rings is 1. The second kappa shape index (κ2) is 5.47. The van der Waals surface area contributed by atoms with E-state index in [1.807, 2.05) is 12.1 Å². The van der Waals surface area contributed by atoms with Crippen LogP contribution in [0.25, 0.3) is 11.0 Å². The number of aryl methyl sites for hydroxylation is 1. The van der Waals surface area contributed by atoms with Crippen molar-refractivity contribution in [3.8, 4) is 0 Å². The second-order valence-corrected chi connectivity index (χ2v) is 6.46. The third-order valence-corrected chi connectivity index (χ3v) is 4.33. The normalized spacial score (nSPS) is 15.3. The molecular weight excluding hydrogens is 326 g/mol. The van der Waals surface area contributed by atoms with E-state index >= 15 is 0 Å². The lowest BCUT2D eigenvalue weighted by molar-refractivity contribution is 0.505. The Morgan fingerprint density at radius 1 is 1.42 bits per heavy atom. The van der Waals surface area contributed by atoms with Crippen molar-refractivity contribution in [2.45, 2.75) is 45.2 Å². The van der Waals surface area contributed by atoms with Gasteiger partial charge in [0.25, 0.3) is 0 Å². The Balaban J connectivity index is 2.03. The maximum absolute atomic E-state index is 6.16. The maximum atomic E-state index is 6.16. The van der Waals surface area contributed by atoms with E-state index < -0.39 is 0 Å². The van der Waals surface area contributed by atoms with Crippen molar-refractivity contribution in [2.75, 3.05) is 0 Å². The van der Waals surface area contributed by atoms with Gasteiger partial charge in [0.05, 0.1) is 11.0 Å². The van der Waals surface area contributed by atoms with Crippen LogP contribution in [-0.4, -0.2) is 6.04 Å². The molecule has 1 aliphatic rings. The number of benzene rings is 1. The van der Waals surface area contributed by atoms with Crippen molar-refractivity contribution in [1.82, 2.24) is 5.32 Å². The Morgan fingerprint density at radius 2 is 2.21 bits per heavy atom. The minimum Gasteiger partial charge on any atom is -0.458 e. The van der Waals surface area contributed by atoms with Crippen LogP contribution in [0.2, 0.25) is 5.02 Å². The zero-order chi connectivity index (χ0) is 13.4. The van der Waals surface area contributed by atoms with E-state index in [4.69, 9.17) is 16.0 Å². The molecule has 19 heavy (non-hydrogen) atoms. The molecule has 2 aromatic rings. The van der Waals surface area contributed by atoms with Crippen LogP contribution in [0.15, 0.2) is 21.0 Å². The quantitative estimate of drug-likeness (QED) is 0.822. The first-order valence-electron chi connectivity index (χ1n) is 6.81. The molecule has 1 heterocycles. The summed E-state index contributed by atoms with van der Waals surface area (Å²) in [5, 5.41) is 5.42. The average Bonchev–Trinajstić information content (AvgIpc) is 3.13. The molecule has 1 aromatic carbocycles. The molecule has 0 aliphatic heterocycles. The highest BCUT2D eigenvalue weighted by molar-refractivity contribution is 9.10. The van der Waals surface area contributed by atoms with Crippen molar-refractivity contribution in [2.24, 2.45) is 0 Å². The van der Waals surface area contributed by atoms with Gasteiger partial charge in [-0.3, -0.25) is 0 Å². The molecule has 3 rings (SSSR count). The van der Waals surface area contributed by atoms with Crippen LogP contribution >= 0.6 is 27.5 Å². The summed E-state index contributed by atoms with van der Waals surface area (Å²) in [6.07, 6.45) is 4.72. The molecule has 0 unspecified atom stereocenters. The smallest absolute Gasteiger partial charge is 0.148 e. The molecule has 102 valence electrons. The summed E-state index contributed by atoms with van der Waals surface area (Å²) in [5.74, 6) is 1.06. The van der Waals surface area contributed by atoms with Gasteiger partial charge in [-0.25, -0.2) is 0 Å². The zero-order valence-corrected chi connectivity index (χ0v) is 13.3. The highest BCUT2D eigenvalue weighted by Gasteiger charge is 2.22. The molecule has 1 aliphatic carbocycles.